The predicted molar refractivity (Wildman–Crippen MR) is 78.2 cm³/mol. The Morgan fingerprint density at radius 3 is 2.62 bits per heavy atom. The van der Waals surface area contributed by atoms with Crippen LogP contribution in [0.1, 0.15) is 31.2 Å². The highest BCUT2D eigenvalue weighted by atomic mass is 16.5. The lowest BCUT2D eigenvalue weighted by atomic mass is 9.88. The van der Waals surface area contributed by atoms with E-state index in [9.17, 15) is 9.59 Å². The van der Waals surface area contributed by atoms with Gasteiger partial charge >= 0.3 is 5.97 Å². The van der Waals surface area contributed by atoms with Gasteiger partial charge in [-0.15, -0.1) is 0 Å². The molecule has 1 amide bonds. The standard InChI is InChI=1S/C17H21NO3/c19-16(21-11-12-4-2-1-3-5-12)10-18-17(20)15-9-13-6-7-14(15)8-13/h1-5,13-15H,6-11H2,(H,18,20)/t13-,14-,15+/m0/s1. The number of hydrogen-bond acceptors (Lipinski definition) is 3. The molecule has 4 nitrogen and oxygen atoms in total. The smallest absolute Gasteiger partial charge is 0.325 e. The topological polar surface area (TPSA) is 55.4 Å². The summed E-state index contributed by atoms with van der Waals surface area (Å²) in [6.07, 6.45) is 4.63. The molecule has 4 heteroatoms. The number of hydrogen-bond donors (Lipinski definition) is 1. The van der Waals surface area contributed by atoms with Crippen LogP contribution >= 0.6 is 0 Å². The van der Waals surface area contributed by atoms with E-state index in [4.69, 9.17) is 4.74 Å². The first-order valence-corrected chi connectivity index (χ1v) is 7.69. The van der Waals surface area contributed by atoms with E-state index in [1.54, 1.807) is 0 Å². The number of ether oxygens (including phenoxy) is 1. The average Bonchev–Trinajstić information content (AvgIpc) is 3.14. The first-order chi connectivity index (χ1) is 10.2. The van der Waals surface area contributed by atoms with Gasteiger partial charge in [-0.25, -0.2) is 0 Å². The summed E-state index contributed by atoms with van der Waals surface area (Å²) >= 11 is 0. The third-order valence-electron chi connectivity index (χ3n) is 4.72. The number of carbonyl (C=O) groups excluding carboxylic acids is 2. The van der Waals surface area contributed by atoms with Gasteiger partial charge in [-0.05, 0) is 36.7 Å². The van der Waals surface area contributed by atoms with Crippen LogP contribution in [-0.2, 0) is 20.9 Å². The minimum atomic E-state index is -0.379. The fourth-order valence-electron chi connectivity index (χ4n) is 3.65. The average molecular weight is 287 g/mol. The predicted octanol–water partition coefficient (Wildman–Crippen LogP) is 2.28. The monoisotopic (exact) mass is 287 g/mol. The molecule has 0 aliphatic heterocycles. The van der Waals surface area contributed by atoms with Crippen molar-refractivity contribution in [3.63, 3.8) is 0 Å². The third-order valence-corrected chi connectivity index (χ3v) is 4.72. The SMILES string of the molecule is O=C(CNC(=O)[C@@H]1C[C@H]2CC[C@H]1C2)OCc1ccccc1. The van der Waals surface area contributed by atoms with Gasteiger partial charge in [0.2, 0.25) is 5.91 Å². The Bertz CT molecular complexity index is 514. The maximum atomic E-state index is 12.1. The maximum Gasteiger partial charge on any atom is 0.325 e. The molecule has 2 fully saturated rings. The third kappa shape index (κ3) is 3.43. The zero-order valence-corrected chi connectivity index (χ0v) is 12.1. The quantitative estimate of drug-likeness (QED) is 0.845. The molecule has 0 saturated heterocycles. The van der Waals surface area contributed by atoms with Crippen LogP contribution in [0.3, 0.4) is 0 Å². The normalized spacial score (nSPS) is 26.6. The molecular weight excluding hydrogens is 266 g/mol. The molecule has 2 bridgehead atoms. The second-order valence-corrected chi connectivity index (χ2v) is 6.15. The van der Waals surface area contributed by atoms with Gasteiger partial charge in [-0.1, -0.05) is 36.8 Å². The molecule has 0 aromatic heterocycles. The van der Waals surface area contributed by atoms with Gasteiger partial charge in [0.15, 0.2) is 0 Å². The number of esters is 1. The molecule has 112 valence electrons. The van der Waals surface area contributed by atoms with Crippen molar-refractivity contribution in [3.8, 4) is 0 Å². The van der Waals surface area contributed by atoms with E-state index in [-0.39, 0.29) is 30.9 Å². The fraction of sp³-hybridized carbons (Fsp3) is 0.529. The van der Waals surface area contributed by atoms with E-state index in [1.165, 1.54) is 19.3 Å². The van der Waals surface area contributed by atoms with Gasteiger partial charge in [0.05, 0.1) is 0 Å². The second-order valence-electron chi connectivity index (χ2n) is 6.15. The summed E-state index contributed by atoms with van der Waals surface area (Å²) in [5.41, 5.74) is 0.949. The summed E-state index contributed by atoms with van der Waals surface area (Å²) in [6.45, 7) is 0.225. The molecule has 21 heavy (non-hydrogen) atoms. The Morgan fingerprint density at radius 2 is 1.95 bits per heavy atom. The second kappa shape index (κ2) is 6.29. The van der Waals surface area contributed by atoms with Crippen molar-refractivity contribution in [2.75, 3.05) is 6.54 Å². The van der Waals surface area contributed by atoms with Crippen molar-refractivity contribution in [2.24, 2.45) is 17.8 Å². The molecule has 2 aliphatic carbocycles. The fourth-order valence-corrected chi connectivity index (χ4v) is 3.65. The van der Waals surface area contributed by atoms with Gasteiger partial charge in [0, 0.05) is 5.92 Å². The van der Waals surface area contributed by atoms with E-state index >= 15 is 0 Å². The highest BCUT2D eigenvalue weighted by molar-refractivity contribution is 5.84. The van der Waals surface area contributed by atoms with Crippen LogP contribution in [-0.4, -0.2) is 18.4 Å². The Morgan fingerprint density at radius 1 is 1.14 bits per heavy atom. The summed E-state index contributed by atoms with van der Waals surface area (Å²) in [7, 11) is 0. The van der Waals surface area contributed by atoms with Crippen LogP contribution in [0.2, 0.25) is 0 Å². The lowest BCUT2D eigenvalue weighted by Crippen LogP contribution is -2.37. The minimum absolute atomic E-state index is 0.0267. The summed E-state index contributed by atoms with van der Waals surface area (Å²) in [6, 6.07) is 9.53. The molecular formula is C17H21NO3. The summed E-state index contributed by atoms with van der Waals surface area (Å²) in [5.74, 6) is 1.03. The molecule has 0 radical (unpaired) electrons. The molecule has 0 unspecified atom stereocenters. The summed E-state index contributed by atoms with van der Waals surface area (Å²) < 4.78 is 5.15. The van der Waals surface area contributed by atoms with E-state index in [0.717, 1.165) is 17.9 Å². The molecule has 3 atom stereocenters. The summed E-state index contributed by atoms with van der Waals surface area (Å²) in [4.78, 5) is 23.8. The van der Waals surface area contributed by atoms with Crippen LogP contribution in [0, 0.1) is 17.8 Å². The lowest BCUT2D eigenvalue weighted by Gasteiger charge is -2.20. The number of fused-ring (bicyclic) bond motifs is 2. The molecule has 2 saturated carbocycles. The first kappa shape index (κ1) is 14.1. The number of nitrogens with one attached hydrogen (secondary N) is 1. The van der Waals surface area contributed by atoms with Crippen LogP contribution in [0.25, 0.3) is 0 Å². The van der Waals surface area contributed by atoms with E-state index in [1.807, 2.05) is 30.3 Å². The van der Waals surface area contributed by atoms with Gasteiger partial charge in [-0.3, -0.25) is 9.59 Å². The molecule has 0 spiro atoms. The van der Waals surface area contributed by atoms with Crippen molar-refractivity contribution in [3.05, 3.63) is 35.9 Å². The molecule has 1 N–H and O–H groups in total. The summed E-state index contributed by atoms with van der Waals surface area (Å²) in [5, 5.41) is 2.73. The van der Waals surface area contributed by atoms with Crippen LogP contribution in [0.4, 0.5) is 0 Å². The molecule has 1 aromatic carbocycles. The molecule has 3 rings (SSSR count). The van der Waals surface area contributed by atoms with Crippen LogP contribution in [0.15, 0.2) is 30.3 Å². The number of amides is 1. The molecule has 2 aliphatic rings. The van der Waals surface area contributed by atoms with Gasteiger partial charge in [0.25, 0.3) is 0 Å². The Balaban J connectivity index is 1.38. The number of carbonyl (C=O) groups is 2. The first-order valence-electron chi connectivity index (χ1n) is 7.69. The van der Waals surface area contributed by atoms with E-state index in [2.05, 4.69) is 5.32 Å². The Kier molecular flexibility index (Phi) is 4.23. The highest BCUT2D eigenvalue weighted by Gasteiger charge is 2.42. The molecule has 0 heterocycles. The van der Waals surface area contributed by atoms with Crippen molar-refractivity contribution >= 4 is 11.9 Å². The van der Waals surface area contributed by atoms with Crippen molar-refractivity contribution in [2.45, 2.75) is 32.3 Å². The van der Waals surface area contributed by atoms with Gasteiger partial charge in [-0.2, -0.15) is 0 Å². The zero-order chi connectivity index (χ0) is 14.7. The van der Waals surface area contributed by atoms with Crippen molar-refractivity contribution < 1.29 is 14.3 Å². The largest absolute Gasteiger partial charge is 0.460 e. The van der Waals surface area contributed by atoms with Crippen LogP contribution in [0.5, 0.6) is 0 Å². The maximum absolute atomic E-state index is 12.1. The minimum Gasteiger partial charge on any atom is -0.460 e. The van der Waals surface area contributed by atoms with E-state index in [0.29, 0.717) is 5.92 Å². The van der Waals surface area contributed by atoms with E-state index < -0.39 is 0 Å². The van der Waals surface area contributed by atoms with Crippen molar-refractivity contribution in [1.29, 1.82) is 0 Å². The zero-order valence-electron chi connectivity index (χ0n) is 12.1. The Hall–Kier alpha value is -1.84. The molecule has 1 aromatic rings. The lowest BCUT2D eigenvalue weighted by molar-refractivity contribution is -0.145. The number of rotatable bonds is 5. The van der Waals surface area contributed by atoms with Crippen LogP contribution < -0.4 is 5.32 Å². The van der Waals surface area contributed by atoms with Crippen molar-refractivity contribution in [1.82, 2.24) is 5.32 Å². The van der Waals surface area contributed by atoms with Gasteiger partial charge < -0.3 is 10.1 Å². The Labute approximate surface area is 124 Å². The highest BCUT2D eigenvalue weighted by Crippen LogP contribution is 2.48. The van der Waals surface area contributed by atoms with Gasteiger partial charge in [0.1, 0.15) is 13.2 Å². The number of benzene rings is 1.